The standard InChI is InChI=1S/C15H27NO4/c1-10(2)11-6-8-16(9-7-12(11)13(17)18)14(19)20-15(3,4)5/h10-12H,6-9H2,1-5H3,(H,17,18). The number of carbonyl (C=O) groups excluding carboxylic acids is 1. The predicted octanol–water partition coefficient (Wildman–Crippen LogP) is 2.99. The third kappa shape index (κ3) is 4.69. The molecule has 1 rings (SSSR count). The third-order valence-corrected chi connectivity index (χ3v) is 3.78. The number of carboxylic acid groups (broad SMARTS) is 1. The molecule has 5 nitrogen and oxygen atoms in total. The summed E-state index contributed by atoms with van der Waals surface area (Å²) in [7, 11) is 0. The van der Waals surface area contributed by atoms with Crippen molar-refractivity contribution in [2.75, 3.05) is 13.1 Å². The molecule has 5 heteroatoms. The van der Waals surface area contributed by atoms with Crippen molar-refractivity contribution in [1.29, 1.82) is 0 Å². The Labute approximate surface area is 121 Å². The van der Waals surface area contributed by atoms with Crippen LogP contribution in [0.15, 0.2) is 0 Å². The maximum atomic E-state index is 12.1. The van der Waals surface area contributed by atoms with Gasteiger partial charge >= 0.3 is 12.1 Å². The van der Waals surface area contributed by atoms with E-state index < -0.39 is 11.6 Å². The van der Waals surface area contributed by atoms with Gasteiger partial charge in [-0.2, -0.15) is 0 Å². The Balaban J connectivity index is 2.74. The van der Waals surface area contributed by atoms with Crippen molar-refractivity contribution < 1.29 is 19.4 Å². The van der Waals surface area contributed by atoms with Gasteiger partial charge in [0.2, 0.25) is 0 Å². The van der Waals surface area contributed by atoms with Crippen LogP contribution in [0.3, 0.4) is 0 Å². The van der Waals surface area contributed by atoms with Gasteiger partial charge in [0, 0.05) is 13.1 Å². The Bertz CT molecular complexity index is 359. The van der Waals surface area contributed by atoms with Gasteiger partial charge in [-0.15, -0.1) is 0 Å². The molecule has 1 saturated heterocycles. The monoisotopic (exact) mass is 285 g/mol. The molecular weight excluding hydrogens is 258 g/mol. The lowest BCUT2D eigenvalue weighted by molar-refractivity contribution is -0.144. The van der Waals surface area contributed by atoms with Crippen molar-refractivity contribution in [3.63, 3.8) is 0 Å². The Morgan fingerprint density at radius 2 is 1.75 bits per heavy atom. The molecule has 0 aromatic carbocycles. The molecule has 0 saturated carbocycles. The second-order valence-electron chi connectivity index (χ2n) is 6.90. The van der Waals surface area contributed by atoms with Crippen LogP contribution < -0.4 is 0 Å². The SMILES string of the molecule is CC(C)C1CCN(C(=O)OC(C)(C)C)CCC1C(=O)O. The van der Waals surface area contributed by atoms with Crippen molar-refractivity contribution >= 4 is 12.1 Å². The third-order valence-electron chi connectivity index (χ3n) is 3.78. The Morgan fingerprint density at radius 3 is 2.20 bits per heavy atom. The number of hydrogen-bond donors (Lipinski definition) is 1. The smallest absolute Gasteiger partial charge is 0.410 e. The number of hydrogen-bond acceptors (Lipinski definition) is 3. The van der Waals surface area contributed by atoms with E-state index in [-0.39, 0.29) is 17.9 Å². The average Bonchev–Trinajstić information content (AvgIpc) is 2.48. The number of aliphatic carboxylic acids is 1. The van der Waals surface area contributed by atoms with Crippen molar-refractivity contribution in [3.05, 3.63) is 0 Å². The summed E-state index contributed by atoms with van der Waals surface area (Å²) in [6.45, 7) is 10.6. The van der Waals surface area contributed by atoms with E-state index in [4.69, 9.17) is 4.74 Å². The minimum absolute atomic E-state index is 0.111. The molecule has 1 aliphatic rings. The van der Waals surface area contributed by atoms with Gasteiger partial charge in [-0.05, 0) is 45.4 Å². The van der Waals surface area contributed by atoms with Crippen LogP contribution in [-0.4, -0.2) is 40.8 Å². The number of ether oxygens (including phenoxy) is 1. The van der Waals surface area contributed by atoms with Gasteiger partial charge in [0.05, 0.1) is 5.92 Å². The van der Waals surface area contributed by atoms with Crippen LogP contribution in [0.1, 0.15) is 47.5 Å². The number of amides is 1. The second-order valence-corrected chi connectivity index (χ2v) is 6.90. The van der Waals surface area contributed by atoms with Gasteiger partial charge in [0.15, 0.2) is 0 Å². The fourth-order valence-electron chi connectivity index (χ4n) is 2.74. The van der Waals surface area contributed by atoms with E-state index >= 15 is 0 Å². The molecule has 0 aromatic rings. The average molecular weight is 285 g/mol. The van der Waals surface area contributed by atoms with Crippen LogP contribution in [-0.2, 0) is 9.53 Å². The molecule has 0 bridgehead atoms. The molecule has 1 fully saturated rings. The molecule has 0 spiro atoms. The first-order valence-corrected chi connectivity index (χ1v) is 7.32. The van der Waals surface area contributed by atoms with Crippen molar-refractivity contribution in [3.8, 4) is 0 Å². The maximum Gasteiger partial charge on any atom is 0.410 e. The molecule has 0 aliphatic carbocycles. The van der Waals surface area contributed by atoms with E-state index in [2.05, 4.69) is 0 Å². The zero-order valence-electron chi connectivity index (χ0n) is 13.2. The highest BCUT2D eigenvalue weighted by molar-refractivity contribution is 5.71. The lowest BCUT2D eigenvalue weighted by Crippen LogP contribution is -2.37. The van der Waals surface area contributed by atoms with Crippen LogP contribution in [0.25, 0.3) is 0 Å². The quantitative estimate of drug-likeness (QED) is 0.847. The molecule has 1 aliphatic heterocycles. The summed E-state index contributed by atoms with van der Waals surface area (Å²) in [5, 5.41) is 9.36. The summed E-state index contributed by atoms with van der Waals surface area (Å²) >= 11 is 0. The molecule has 0 aromatic heterocycles. The molecule has 1 heterocycles. The number of carbonyl (C=O) groups is 2. The van der Waals surface area contributed by atoms with Gasteiger partial charge in [-0.1, -0.05) is 13.8 Å². The first-order valence-electron chi connectivity index (χ1n) is 7.32. The Kier molecular flexibility index (Phi) is 5.42. The summed E-state index contributed by atoms with van der Waals surface area (Å²) in [6.07, 6.45) is 0.872. The number of rotatable bonds is 2. The second kappa shape index (κ2) is 6.46. The molecule has 20 heavy (non-hydrogen) atoms. The topological polar surface area (TPSA) is 66.8 Å². The Morgan fingerprint density at radius 1 is 1.20 bits per heavy atom. The van der Waals surface area contributed by atoms with Crippen LogP contribution in [0.2, 0.25) is 0 Å². The summed E-state index contributed by atoms with van der Waals surface area (Å²) in [6, 6.07) is 0. The number of carboxylic acids is 1. The highest BCUT2D eigenvalue weighted by Gasteiger charge is 2.35. The zero-order chi connectivity index (χ0) is 15.5. The molecule has 0 radical (unpaired) electrons. The van der Waals surface area contributed by atoms with E-state index in [1.165, 1.54) is 0 Å². The highest BCUT2D eigenvalue weighted by atomic mass is 16.6. The normalized spacial score (nSPS) is 24.4. The molecule has 2 atom stereocenters. The summed E-state index contributed by atoms with van der Waals surface area (Å²) in [5.74, 6) is -0.716. The predicted molar refractivity (Wildman–Crippen MR) is 76.5 cm³/mol. The first kappa shape index (κ1) is 16.8. The van der Waals surface area contributed by atoms with Gasteiger partial charge in [-0.25, -0.2) is 4.79 Å². The molecule has 1 amide bonds. The van der Waals surface area contributed by atoms with Crippen molar-refractivity contribution in [2.24, 2.45) is 17.8 Å². The summed E-state index contributed by atoms with van der Waals surface area (Å²) in [4.78, 5) is 25.1. The lowest BCUT2D eigenvalue weighted by atomic mass is 9.80. The van der Waals surface area contributed by atoms with Crippen LogP contribution >= 0.6 is 0 Å². The van der Waals surface area contributed by atoms with Crippen molar-refractivity contribution in [1.82, 2.24) is 4.90 Å². The number of likely N-dealkylation sites (tertiary alicyclic amines) is 1. The van der Waals surface area contributed by atoms with Crippen LogP contribution in [0, 0.1) is 17.8 Å². The van der Waals surface area contributed by atoms with E-state index in [0.717, 1.165) is 0 Å². The summed E-state index contributed by atoms with van der Waals surface area (Å²) < 4.78 is 5.36. The highest BCUT2D eigenvalue weighted by Crippen LogP contribution is 2.31. The van der Waals surface area contributed by atoms with Crippen LogP contribution in [0.4, 0.5) is 4.79 Å². The minimum atomic E-state index is -0.755. The largest absolute Gasteiger partial charge is 0.481 e. The van der Waals surface area contributed by atoms with E-state index in [9.17, 15) is 14.7 Å². The van der Waals surface area contributed by atoms with Crippen molar-refractivity contribution in [2.45, 2.75) is 53.1 Å². The molecular formula is C15H27NO4. The van der Waals surface area contributed by atoms with Gasteiger partial charge < -0.3 is 14.7 Å². The first-order chi connectivity index (χ1) is 9.11. The minimum Gasteiger partial charge on any atom is -0.481 e. The van der Waals surface area contributed by atoms with E-state index in [1.807, 2.05) is 34.6 Å². The molecule has 1 N–H and O–H groups in total. The zero-order valence-corrected chi connectivity index (χ0v) is 13.2. The number of nitrogens with zero attached hydrogens (tertiary/aromatic N) is 1. The maximum absolute atomic E-state index is 12.1. The lowest BCUT2D eigenvalue weighted by Gasteiger charge is -2.26. The van der Waals surface area contributed by atoms with Gasteiger partial charge in [0.25, 0.3) is 0 Å². The fourth-order valence-corrected chi connectivity index (χ4v) is 2.74. The van der Waals surface area contributed by atoms with Gasteiger partial charge in [0.1, 0.15) is 5.60 Å². The van der Waals surface area contributed by atoms with E-state index in [1.54, 1.807) is 4.90 Å². The van der Waals surface area contributed by atoms with Crippen LogP contribution in [0.5, 0.6) is 0 Å². The fraction of sp³-hybridized carbons (Fsp3) is 0.867. The summed E-state index contributed by atoms with van der Waals surface area (Å²) in [5.41, 5.74) is -0.521. The molecule has 2 unspecified atom stereocenters. The van der Waals surface area contributed by atoms with E-state index in [0.29, 0.717) is 31.8 Å². The Hall–Kier alpha value is -1.26. The van der Waals surface area contributed by atoms with Gasteiger partial charge in [-0.3, -0.25) is 4.79 Å². The molecule has 116 valence electrons.